The number of benzene rings is 1. The fourth-order valence-corrected chi connectivity index (χ4v) is 2.41. The topological polar surface area (TPSA) is 50.9 Å². The van der Waals surface area contributed by atoms with Crippen molar-refractivity contribution in [2.45, 2.75) is 26.0 Å². The summed E-state index contributed by atoms with van der Waals surface area (Å²) in [7, 11) is 0. The standard InChI is InChI=1S/C16H17N3O/c1-2-19-9-8-18-16(19)11-15(20)13-5-6-14-12(10-13)4-3-7-17-14/h3-10,15,20H,2,11H2,1H3. The molecule has 1 atom stereocenters. The van der Waals surface area contributed by atoms with Gasteiger partial charge in [-0.2, -0.15) is 0 Å². The summed E-state index contributed by atoms with van der Waals surface area (Å²) < 4.78 is 2.05. The Kier molecular flexibility index (Phi) is 3.48. The highest BCUT2D eigenvalue weighted by Gasteiger charge is 2.12. The molecule has 0 saturated carbocycles. The Balaban J connectivity index is 1.86. The number of aliphatic hydroxyl groups excluding tert-OH is 1. The van der Waals surface area contributed by atoms with Gasteiger partial charge in [-0.15, -0.1) is 0 Å². The predicted molar refractivity (Wildman–Crippen MR) is 78.3 cm³/mol. The van der Waals surface area contributed by atoms with Crippen LogP contribution < -0.4 is 0 Å². The first-order chi connectivity index (χ1) is 9.78. The maximum absolute atomic E-state index is 10.4. The van der Waals surface area contributed by atoms with Gasteiger partial charge in [0.2, 0.25) is 0 Å². The van der Waals surface area contributed by atoms with Crippen molar-refractivity contribution in [1.82, 2.24) is 14.5 Å². The van der Waals surface area contributed by atoms with E-state index in [2.05, 4.69) is 16.9 Å². The zero-order valence-corrected chi connectivity index (χ0v) is 11.4. The average Bonchev–Trinajstić information content (AvgIpc) is 2.94. The van der Waals surface area contributed by atoms with E-state index in [0.717, 1.165) is 28.8 Å². The molecule has 102 valence electrons. The molecular formula is C16H17N3O. The molecule has 0 amide bonds. The molecule has 0 spiro atoms. The normalized spacial score (nSPS) is 12.7. The second kappa shape index (κ2) is 5.43. The minimum Gasteiger partial charge on any atom is -0.388 e. The lowest BCUT2D eigenvalue weighted by Gasteiger charge is -2.12. The zero-order chi connectivity index (χ0) is 13.9. The van der Waals surface area contributed by atoms with Gasteiger partial charge in [-0.25, -0.2) is 4.98 Å². The van der Waals surface area contributed by atoms with Gasteiger partial charge >= 0.3 is 0 Å². The van der Waals surface area contributed by atoms with Crippen LogP contribution in [-0.2, 0) is 13.0 Å². The van der Waals surface area contributed by atoms with Crippen molar-refractivity contribution in [3.8, 4) is 0 Å². The molecule has 20 heavy (non-hydrogen) atoms. The molecule has 3 rings (SSSR count). The molecule has 3 aromatic rings. The molecule has 2 heterocycles. The Hall–Kier alpha value is -2.20. The highest BCUT2D eigenvalue weighted by molar-refractivity contribution is 5.79. The smallest absolute Gasteiger partial charge is 0.111 e. The molecule has 0 aliphatic carbocycles. The number of nitrogens with zero attached hydrogens (tertiary/aromatic N) is 3. The second-order valence-corrected chi connectivity index (χ2v) is 4.80. The van der Waals surface area contributed by atoms with Gasteiger partial charge in [0.25, 0.3) is 0 Å². The number of aryl methyl sites for hydroxylation is 1. The molecule has 0 aliphatic heterocycles. The van der Waals surface area contributed by atoms with E-state index < -0.39 is 6.10 Å². The Morgan fingerprint density at radius 3 is 2.95 bits per heavy atom. The average molecular weight is 267 g/mol. The van der Waals surface area contributed by atoms with E-state index in [0.29, 0.717) is 6.42 Å². The van der Waals surface area contributed by atoms with Crippen LogP contribution in [0.1, 0.15) is 24.4 Å². The third-order valence-electron chi connectivity index (χ3n) is 3.53. The van der Waals surface area contributed by atoms with E-state index in [1.54, 1.807) is 12.4 Å². The van der Waals surface area contributed by atoms with Gasteiger partial charge in [-0.3, -0.25) is 4.98 Å². The molecule has 0 aliphatic rings. The van der Waals surface area contributed by atoms with Crippen LogP contribution in [0.15, 0.2) is 48.9 Å². The lowest BCUT2D eigenvalue weighted by atomic mass is 10.0. The van der Waals surface area contributed by atoms with Crippen molar-refractivity contribution >= 4 is 10.9 Å². The quantitative estimate of drug-likeness (QED) is 0.790. The van der Waals surface area contributed by atoms with Crippen LogP contribution in [0.25, 0.3) is 10.9 Å². The van der Waals surface area contributed by atoms with Crippen LogP contribution in [0.5, 0.6) is 0 Å². The SMILES string of the molecule is CCn1ccnc1CC(O)c1ccc2ncccc2c1. The molecule has 1 N–H and O–H groups in total. The van der Waals surface area contributed by atoms with Gasteiger partial charge in [0.1, 0.15) is 5.82 Å². The molecule has 4 heteroatoms. The summed E-state index contributed by atoms with van der Waals surface area (Å²) >= 11 is 0. The van der Waals surface area contributed by atoms with Crippen molar-refractivity contribution in [2.75, 3.05) is 0 Å². The van der Waals surface area contributed by atoms with Gasteiger partial charge in [0.05, 0.1) is 11.6 Å². The monoisotopic (exact) mass is 267 g/mol. The third kappa shape index (κ3) is 2.42. The van der Waals surface area contributed by atoms with Crippen molar-refractivity contribution in [1.29, 1.82) is 0 Å². The van der Waals surface area contributed by atoms with E-state index in [-0.39, 0.29) is 0 Å². The summed E-state index contributed by atoms with van der Waals surface area (Å²) in [4.78, 5) is 8.59. The predicted octanol–water partition coefficient (Wildman–Crippen LogP) is 2.73. The van der Waals surface area contributed by atoms with Gasteiger partial charge in [0, 0.05) is 36.9 Å². The maximum atomic E-state index is 10.4. The highest BCUT2D eigenvalue weighted by Crippen LogP contribution is 2.21. The number of pyridine rings is 1. The van der Waals surface area contributed by atoms with E-state index >= 15 is 0 Å². The second-order valence-electron chi connectivity index (χ2n) is 4.80. The molecule has 0 fully saturated rings. The minimum atomic E-state index is -0.549. The molecule has 0 bridgehead atoms. The first-order valence-corrected chi connectivity index (χ1v) is 6.80. The van der Waals surface area contributed by atoms with Gasteiger partial charge < -0.3 is 9.67 Å². The summed E-state index contributed by atoms with van der Waals surface area (Å²) in [5.74, 6) is 0.909. The molecule has 2 aromatic heterocycles. The van der Waals surface area contributed by atoms with E-state index in [1.165, 1.54) is 0 Å². The Morgan fingerprint density at radius 1 is 1.20 bits per heavy atom. The molecule has 1 unspecified atom stereocenters. The first-order valence-electron chi connectivity index (χ1n) is 6.80. The van der Waals surface area contributed by atoms with Crippen LogP contribution in [0.2, 0.25) is 0 Å². The number of hydrogen-bond acceptors (Lipinski definition) is 3. The zero-order valence-electron chi connectivity index (χ0n) is 11.4. The third-order valence-corrected chi connectivity index (χ3v) is 3.53. The lowest BCUT2D eigenvalue weighted by molar-refractivity contribution is 0.174. The van der Waals surface area contributed by atoms with Crippen LogP contribution in [0, 0.1) is 0 Å². The maximum Gasteiger partial charge on any atom is 0.111 e. The van der Waals surface area contributed by atoms with Gasteiger partial charge in [0.15, 0.2) is 0 Å². The largest absolute Gasteiger partial charge is 0.388 e. The Labute approximate surface area is 117 Å². The number of imidazole rings is 1. The van der Waals surface area contributed by atoms with Crippen LogP contribution >= 0.6 is 0 Å². The van der Waals surface area contributed by atoms with Crippen LogP contribution in [0.3, 0.4) is 0 Å². The molecule has 1 aromatic carbocycles. The Morgan fingerprint density at radius 2 is 2.10 bits per heavy atom. The first kappa shape index (κ1) is 12.8. The summed E-state index contributed by atoms with van der Waals surface area (Å²) in [5, 5.41) is 11.4. The molecule has 4 nitrogen and oxygen atoms in total. The van der Waals surface area contributed by atoms with Gasteiger partial charge in [-0.05, 0) is 30.7 Å². The number of aliphatic hydroxyl groups is 1. The molecule has 0 radical (unpaired) electrons. The summed E-state index contributed by atoms with van der Waals surface area (Å²) in [6.07, 6.45) is 5.46. The van der Waals surface area contributed by atoms with Crippen molar-refractivity contribution < 1.29 is 5.11 Å². The summed E-state index contributed by atoms with van der Waals surface area (Å²) in [6.45, 7) is 2.93. The highest BCUT2D eigenvalue weighted by atomic mass is 16.3. The Bertz CT molecular complexity index is 720. The van der Waals surface area contributed by atoms with E-state index in [9.17, 15) is 5.11 Å². The summed E-state index contributed by atoms with van der Waals surface area (Å²) in [5.41, 5.74) is 1.84. The number of hydrogen-bond donors (Lipinski definition) is 1. The van der Waals surface area contributed by atoms with Crippen LogP contribution in [0.4, 0.5) is 0 Å². The number of fused-ring (bicyclic) bond motifs is 1. The fraction of sp³-hybridized carbons (Fsp3) is 0.250. The number of rotatable bonds is 4. The van der Waals surface area contributed by atoms with Gasteiger partial charge in [-0.1, -0.05) is 12.1 Å². The fourth-order valence-electron chi connectivity index (χ4n) is 2.41. The minimum absolute atomic E-state index is 0.520. The van der Waals surface area contributed by atoms with E-state index in [4.69, 9.17) is 0 Å². The number of aromatic nitrogens is 3. The van der Waals surface area contributed by atoms with Crippen molar-refractivity contribution in [3.63, 3.8) is 0 Å². The molecular weight excluding hydrogens is 250 g/mol. The van der Waals surface area contributed by atoms with Crippen LogP contribution in [-0.4, -0.2) is 19.6 Å². The molecule has 0 saturated heterocycles. The lowest BCUT2D eigenvalue weighted by Crippen LogP contribution is -2.08. The summed E-state index contributed by atoms with van der Waals surface area (Å²) in [6, 6.07) is 9.78. The van der Waals surface area contributed by atoms with E-state index in [1.807, 2.05) is 41.1 Å². The van der Waals surface area contributed by atoms with Crippen molar-refractivity contribution in [3.05, 3.63) is 60.3 Å². The van der Waals surface area contributed by atoms with Crippen molar-refractivity contribution in [2.24, 2.45) is 0 Å².